The quantitative estimate of drug-likeness (QED) is 0.507. The first-order chi connectivity index (χ1) is 10.3. The van der Waals surface area contributed by atoms with E-state index in [-0.39, 0.29) is 17.5 Å². The summed E-state index contributed by atoms with van der Waals surface area (Å²) in [4.78, 5) is 14.5. The predicted octanol–water partition coefficient (Wildman–Crippen LogP) is 3.50. The number of nitrogens with two attached hydrogens (primary N) is 1. The van der Waals surface area contributed by atoms with E-state index < -0.39 is 0 Å². The Bertz CT molecular complexity index is 610. The van der Waals surface area contributed by atoms with Crippen LogP contribution < -0.4 is 16.2 Å². The second-order valence-corrected chi connectivity index (χ2v) is 6.76. The van der Waals surface area contributed by atoms with Crippen molar-refractivity contribution in [2.24, 2.45) is 5.84 Å². The van der Waals surface area contributed by atoms with Crippen LogP contribution in [0.15, 0.2) is 24.3 Å². The summed E-state index contributed by atoms with van der Waals surface area (Å²) in [6.07, 6.45) is 3.82. The van der Waals surface area contributed by atoms with Crippen LogP contribution >= 0.6 is 11.6 Å². The molecule has 3 N–H and O–H groups in total. The number of nitrogens with zero attached hydrogens (tertiary/aromatic N) is 1. The third-order valence-corrected chi connectivity index (χ3v) is 4.39. The van der Waals surface area contributed by atoms with Crippen LogP contribution in [0.3, 0.4) is 0 Å². The number of halogens is 1. The van der Waals surface area contributed by atoms with Crippen molar-refractivity contribution in [1.29, 1.82) is 0 Å². The summed E-state index contributed by atoms with van der Waals surface area (Å²) in [5.41, 5.74) is 5.29. The van der Waals surface area contributed by atoms with Gasteiger partial charge in [0.1, 0.15) is 6.04 Å². The number of hydrogen-bond acceptors (Lipinski definition) is 3. The van der Waals surface area contributed by atoms with E-state index in [1.807, 2.05) is 18.2 Å². The zero-order chi connectivity index (χ0) is 16.5. The van der Waals surface area contributed by atoms with Gasteiger partial charge in [-0.25, -0.2) is 5.84 Å². The van der Waals surface area contributed by atoms with E-state index in [2.05, 4.69) is 44.1 Å². The summed E-state index contributed by atoms with van der Waals surface area (Å²) < 4.78 is 0. The number of rotatable bonds is 4. The number of amides is 1. The molecule has 1 aliphatic rings. The summed E-state index contributed by atoms with van der Waals surface area (Å²) in [7, 11) is 0. The van der Waals surface area contributed by atoms with E-state index in [1.54, 1.807) is 0 Å². The zero-order valence-electron chi connectivity index (χ0n) is 13.6. The monoisotopic (exact) mass is 321 g/mol. The van der Waals surface area contributed by atoms with Crippen molar-refractivity contribution < 1.29 is 4.79 Å². The maximum atomic E-state index is 12.3. The topological polar surface area (TPSA) is 58.4 Å². The summed E-state index contributed by atoms with van der Waals surface area (Å²) >= 11 is 6.15. The fraction of sp³-hybridized carbons (Fsp3) is 0.471. The lowest BCUT2D eigenvalue weighted by Gasteiger charge is -2.47. The molecule has 1 aliphatic heterocycles. The van der Waals surface area contributed by atoms with Gasteiger partial charge in [-0.1, -0.05) is 31.0 Å². The minimum atomic E-state index is -0.311. The number of benzene rings is 1. The molecule has 0 saturated carbocycles. The summed E-state index contributed by atoms with van der Waals surface area (Å²) in [6.45, 7) is 8.37. The van der Waals surface area contributed by atoms with Crippen molar-refractivity contribution in [1.82, 2.24) is 5.43 Å². The lowest BCUT2D eigenvalue weighted by atomic mass is 9.86. The van der Waals surface area contributed by atoms with Crippen molar-refractivity contribution in [2.75, 3.05) is 4.90 Å². The lowest BCUT2D eigenvalue weighted by molar-refractivity contribution is -0.122. The van der Waals surface area contributed by atoms with Gasteiger partial charge in [0.15, 0.2) is 0 Å². The first-order valence-electron chi connectivity index (χ1n) is 7.61. The van der Waals surface area contributed by atoms with Crippen LogP contribution in [0.25, 0.3) is 5.57 Å². The van der Waals surface area contributed by atoms with Gasteiger partial charge in [0.05, 0.1) is 5.54 Å². The highest BCUT2D eigenvalue weighted by molar-refractivity contribution is 6.30. The molecule has 1 aromatic carbocycles. The molecule has 1 atom stereocenters. The highest BCUT2D eigenvalue weighted by atomic mass is 35.5. The third-order valence-electron chi connectivity index (χ3n) is 4.15. The van der Waals surface area contributed by atoms with E-state index in [4.69, 9.17) is 17.4 Å². The van der Waals surface area contributed by atoms with Gasteiger partial charge in [-0.15, -0.1) is 0 Å². The number of carbonyl (C=O) groups is 1. The molecule has 5 heteroatoms. The Labute approximate surface area is 137 Å². The molecular weight excluding hydrogens is 298 g/mol. The van der Waals surface area contributed by atoms with Gasteiger partial charge in [0, 0.05) is 16.3 Å². The Balaban J connectivity index is 2.60. The molecular formula is C17H24ClN3O. The number of nitrogens with one attached hydrogen (secondary N) is 1. The highest BCUT2D eigenvalue weighted by Gasteiger charge is 2.38. The van der Waals surface area contributed by atoms with Crippen molar-refractivity contribution in [3.8, 4) is 0 Å². The van der Waals surface area contributed by atoms with Crippen LogP contribution in [0.5, 0.6) is 0 Å². The maximum absolute atomic E-state index is 12.3. The molecule has 1 aromatic rings. The molecule has 120 valence electrons. The third kappa shape index (κ3) is 2.99. The lowest BCUT2D eigenvalue weighted by Crippen LogP contribution is -2.57. The molecule has 0 aliphatic carbocycles. The molecule has 1 heterocycles. The molecule has 0 aromatic heterocycles. The van der Waals surface area contributed by atoms with E-state index in [0.717, 1.165) is 24.1 Å². The minimum absolute atomic E-state index is 0.163. The van der Waals surface area contributed by atoms with Crippen LogP contribution in [0.2, 0.25) is 5.02 Å². The van der Waals surface area contributed by atoms with Crippen LogP contribution in [-0.4, -0.2) is 17.5 Å². The minimum Gasteiger partial charge on any atom is -0.350 e. The molecule has 4 nitrogen and oxygen atoms in total. The molecule has 2 rings (SSSR count). The highest BCUT2D eigenvalue weighted by Crippen LogP contribution is 2.41. The van der Waals surface area contributed by atoms with Gasteiger partial charge in [0.2, 0.25) is 0 Å². The first-order valence-corrected chi connectivity index (χ1v) is 7.98. The normalized spacial score (nSPS) is 17.5. The number of carbonyl (C=O) groups excluding carboxylic acids is 1. The SMILES string of the molecule is CCC[C@@H](C(=O)NN)N1c2ccc(Cl)cc2C(C)=CC1(C)C. The Morgan fingerprint density at radius 2 is 2.14 bits per heavy atom. The van der Waals surface area contributed by atoms with Crippen LogP contribution in [0.4, 0.5) is 5.69 Å². The standard InChI is InChI=1S/C17H24ClN3O/c1-5-6-15(16(22)20-19)21-14-8-7-12(18)9-13(14)11(2)10-17(21,3)4/h7-10,15H,5-6,19H2,1-4H3,(H,20,22)/t15-/m0/s1. The number of fused-ring (bicyclic) bond motifs is 1. The molecule has 0 fully saturated rings. The van der Waals surface area contributed by atoms with Crippen molar-refractivity contribution >= 4 is 28.8 Å². The second-order valence-electron chi connectivity index (χ2n) is 6.33. The van der Waals surface area contributed by atoms with Gasteiger partial charge in [-0.3, -0.25) is 10.2 Å². The number of hydrogen-bond donors (Lipinski definition) is 2. The average molecular weight is 322 g/mol. The number of anilines is 1. The van der Waals surface area contributed by atoms with Crippen LogP contribution in [0.1, 0.15) is 46.1 Å². The average Bonchev–Trinajstić information content (AvgIpc) is 2.45. The Morgan fingerprint density at radius 1 is 1.45 bits per heavy atom. The van der Waals surface area contributed by atoms with Crippen molar-refractivity contribution in [3.05, 3.63) is 34.9 Å². The maximum Gasteiger partial charge on any atom is 0.256 e. The van der Waals surface area contributed by atoms with Crippen LogP contribution in [0, 0.1) is 0 Å². The molecule has 0 saturated heterocycles. The molecule has 22 heavy (non-hydrogen) atoms. The number of hydrazine groups is 1. The van der Waals surface area contributed by atoms with Crippen molar-refractivity contribution in [2.45, 2.75) is 52.1 Å². The zero-order valence-corrected chi connectivity index (χ0v) is 14.4. The molecule has 1 amide bonds. The van der Waals surface area contributed by atoms with E-state index >= 15 is 0 Å². The molecule has 0 unspecified atom stereocenters. The van der Waals surface area contributed by atoms with Gasteiger partial charge in [0.25, 0.3) is 5.91 Å². The largest absolute Gasteiger partial charge is 0.350 e. The summed E-state index contributed by atoms with van der Waals surface area (Å²) in [5.74, 6) is 5.24. The number of allylic oxidation sites excluding steroid dienone is 1. The molecule has 0 spiro atoms. The predicted molar refractivity (Wildman–Crippen MR) is 92.7 cm³/mol. The van der Waals surface area contributed by atoms with E-state index in [1.165, 1.54) is 5.57 Å². The summed E-state index contributed by atoms with van der Waals surface area (Å²) in [5, 5.41) is 0.696. The molecule has 0 radical (unpaired) electrons. The van der Waals surface area contributed by atoms with Crippen molar-refractivity contribution in [3.63, 3.8) is 0 Å². The van der Waals surface area contributed by atoms with Gasteiger partial charge in [-0.05, 0) is 51.0 Å². The van der Waals surface area contributed by atoms with E-state index in [0.29, 0.717) is 5.02 Å². The second kappa shape index (κ2) is 6.31. The van der Waals surface area contributed by atoms with Gasteiger partial charge in [-0.2, -0.15) is 0 Å². The fourth-order valence-corrected chi connectivity index (χ4v) is 3.51. The molecule has 0 bridgehead atoms. The van der Waals surface area contributed by atoms with Gasteiger partial charge < -0.3 is 4.90 Å². The van der Waals surface area contributed by atoms with Crippen LogP contribution in [-0.2, 0) is 4.79 Å². The smallest absolute Gasteiger partial charge is 0.256 e. The van der Waals surface area contributed by atoms with E-state index in [9.17, 15) is 4.79 Å². The fourth-order valence-electron chi connectivity index (χ4n) is 3.34. The Kier molecular flexibility index (Phi) is 4.83. The Morgan fingerprint density at radius 3 is 2.73 bits per heavy atom. The first kappa shape index (κ1) is 16.8. The van der Waals surface area contributed by atoms with Gasteiger partial charge >= 0.3 is 0 Å². The Hall–Kier alpha value is -1.52. The summed E-state index contributed by atoms with van der Waals surface area (Å²) in [6, 6.07) is 5.50.